The van der Waals surface area contributed by atoms with Crippen LogP contribution in [0.15, 0.2) is 158 Å². The third-order valence-corrected chi connectivity index (χ3v) is 10.9. The first-order valence-corrected chi connectivity index (χ1v) is 21.2. The summed E-state index contributed by atoms with van der Waals surface area (Å²) in [4.78, 5) is 0. The minimum atomic E-state index is -1.30. The first kappa shape index (κ1) is 45.3. The predicted molar refractivity (Wildman–Crippen MR) is 233 cm³/mol. The van der Waals surface area contributed by atoms with Gasteiger partial charge in [-0.05, 0) is 46.9 Å². The standard InChI is InChI=1S/C51H58O11/c1-4-29-55-51-49(59-33-40-23-15-8-16-24-40)48(58-32-39-21-13-7-14-22-39)46(43(61-51)35-54-30-37-17-9-5-10-18-37)62-50-44(52)47(57-31-38-19-11-6-12-20-38)45(36(2)60-50)56-34-41-25-27-42(53-3)28-26-41/h4-28,36,43-52H,1,29-35H2,2-3H3/t36-,43+,44+,45-,46-,47-,48-,49+,50-,51+/m0/s1. The van der Waals surface area contributed by atoms with E-state index in [1.54, 1.807) is 13.2 Å². The molecule has 11 nitrogen and oxygen atoms in total. The second-order valence-corrected chi connectivity index (χ2v) is 15.4. The van der Waals surface area contributed by atoms with Gasteiger partial charge in [-0.3, -0.25) is 0 Å². The van der Waals surface area contributed by atoms with Gasteiger partial charge in [0.1, 0.15) is 48.5 Å². The second-order valence-electron chi connectivity index (χ2n) is 15.4. The minimum Gasteiger partial charge on any atom is -0.497 e. The lowest BCUT2D eigenvalue weighted by Gasteiger charge is -2.49. The monoisotopic (exact) mass is 846 g/mol. The summed E-state index contributed by atoms with van der Waals surface area (Å²) < 4.78 is 64.9. The van der Waals surface area contributed by atoms with Gasteiger partial charge in [-0.25, -0.2) is 0 Å². The Kier molecular flexibility index (Phi) is 17.2. The minimum absolute atomic E-state index is 0.101. The van der Waals surface area contributed by atoms with Crippen molar-refractivity contribution in [2.75, 3.05) is 20.3 Å². The zero-order valence-corrected chi connectivity index (χ0v) is 35.4. The van der Waals surface area contributed by atoms with E-state index in [1.807, 2.05) is 153 Å². The fourth-order valence-electron chi connectivity index (χ4n) is 7.60. The van der Waals surface area contributed by atoms with Crippen molar-refractivity contribution >= 4 is 0 Å². The van der Waals surface area contributed by atoms with Crippen LogP contribution in [0.4, 0.5) is 0 Å². The van der Waals surface area contributed by atoms with E-state index in [0.29, 0.717) is 6.61 Å². The molecule has 1 N–H and O–H groups in total. The highest BCUT2D eigenvalue weighted by Crippen LogP contribution is 2.35. The Morgan fingerprint density at radius 1 is 0.516 bits per heavy atom. The Morgan fingerprint density at radius 2 is 0.984 bits per heavy atom. The van der Waals surface area contributed by atoms with Gasteiger partial charge in [0.15, 0.2) is 12.6 Å². The molecule has 0 aromatic heterocycles. The van der Waals surface area contributed by atoms with E-state index in [9.17, 15) is 5.11 Å². The Bertz CT molecular complexity index is 2000. The van der Waals surface area contributed by atoms with Crippen molar-refractivity contribution in [1.82, 2.24) is 0 Å². The number of hydrogen-bond donors (Lipinski definition) is 1. The van der Waals surface area contributed by atoms with Gasteiger partial charge in [-0.15, -0.1) is 6.58 Å². The number of benzene rings is 5. The van der Waals surface area contributed by atoms with Crippen molar-refractivity contribution < 1.29 is 52.5 Å². The van der Waals surface area contributed by atoms with Gasteiger partial charge in [0.05, 0.1) is 59.5 Å². The molecule has 0 bridgehead atoms. The molecule has 0 amide bonds. The van der Waals surface area contributed by atoms with Crippen LogP contribution in [0.2, 0.25) is 0 Å². The van der Waals surface area contributed by atoms with Gasteiger partial charge in [-0.1, -0.05) is 140 Å². The first-order valence-electron chi connectivity index (χ1n) is 21.2. The molecular formula is C51H58O11. The van der Waals surface area contributed by atoms with E-state index in [4.69, 9.17) is 47.4 Å². The smallest absolute Gasteiger partial charge is 0.187 e. The number of ether oxygens (including phenoxy) is 10. The Hall–Kier alpha value is -4.76. The predicted octanol–water partition coefficient (Wildman–Crippen LogP) is 7.97. The molecule has 2 aliphatic heterocycles. The largest absolute Gasteiger partial charge is 0.497 e. The van der Waals surface area contributed by atoms with E-state index in [2.05, 4.69) is 6.58 Å². The van der Waals surface area contributed by atoms with Crippen molar-refractivity contribution in [3.63, 3.8) is 0 Å². The molecule has 0 unspecified atom stereocenters. The van der Waals surface area contributed by atoms with Gasteiger partial charge < -0.3 is 52.5 Å². The van der Waals surface area contributed by atoms with Crippen LogP contribution in [-0.2, 0) is 75.7 Å². The molecule has 7 rings (SSSR count). The van der Waals surface area contributed by atoms with E-state index >= 15 is 0 Å². The van der Waals surface area contributed by atoms with Crippen LogP contribution in [0.5, 0.6) is 5.75 Å². The zero-order valence-electron chi connectivity index (χ0n) is 35.4. The fourth-order valence-corrected chi connectivity index (χ4v) is 7.60. The van der Waals surface area contributed by atoms with E-state index < -0.39 is 61.4 Å². The molecule has 0 radical (unpaired) electrons. The summed E-state index contributed by atoms with van der Waals surface area (Å²) in [5.41, 5.74) is 4.79. The maximum absolute atomic E-state index is 12.3. The number of hydrogen-bond acceptors (Lipinski definition) is 11. The summed E-state index contributed by atoms with van der Waals surface area (Å²) in [6.45, 7) is 7.37. The summed E-state index contributed by atoms with van der Waals surface area (Å²) >= 11 is 0. The third kappa shape index (κ3) is 12.7. The number of methoxy groups -OCH3 is 1. The van der Waals surface area contributed by atoms with E-state index in [0.717, 1.165) is 33.6 Å². The highest BCUT2D eigenvalue weighted by atomic mass is 16.8. The van der Waals surface area contributed by atoms with Crippen LogP contribution in [0.1, 0.15) is 34.7 Å². The van der Waals surface area contributed by atoms with Gasteiger partial charge in [0.25, 0.3) is 0 Å². The topological polar surface area (TPSA) is 113 Å². The Balaban J connectivity index is 1.19. The highest BCUT2D eigenvalue weighted by molar-refractivity contribution is 5.27. The van der Waals surface area contributed by atoms with Crippen LogP contribution >= 0.6 is 0 Å². The molecule has 0 saturated carbocycles. The molecule has 5 aromatic carbocycles. The van der Waals surface area contributed by atoms with Crippen LogP contribution in [0.25, 0.3) is 0 Å². The molecule has 328 valence electrons. The molecule has 0 aliphatic carbocycles. The molecule has 2 saturated heterocycles. The van der Waals surface area contributed by atoms with Crippen LogP contribution in [0.3, 0.4) is 0 Å². The van der Waals surface area contributed by atoms with Crippen molar-refractivity contribution in [3.05, 3.63) is 186 Å². The van der Waals surface area contributed by atoms with Crippen LogP contribution in [-0.4, -0.2) is 86.8 Å². The molecule has 2 fully saturated rings. The highest BCUT2D eigenvalue weighted by Gasteiger charge is 2.53. The van der Waals surface area contributed by atoms with Gasteiger partial charge in [0.2, 0.25) is 0 Å². The SMILES string of the molecule is C=CCO[C@@H]1O[C@H](COCc2ccccc2)[C@H](O[C@@H]2O[C@@H](C)[C@H](OCc3ccc(OC)cc3)[C@@H](OCc3ccccc3)[C@H]2O)[C@H](OCc2ccccc2)[C@H]1OCc1ccccc1. The molecule has 2 aliphatic rings. The third-order valence-electron chi connectivity index (χ3n) is 10.9. The van der Waals surface area contributed by atoms with Gasteiger partial charge in [-0.2, -0.15) is 0 Å². The number of rotatable bonds is 22. The molecule has 10 atom stereocenters. The maximum atomic E-state index is 12.3. The average Bonchev–Trinajstić information content (AvgIpc) is 3.32. The second kappa shape index (κ2) is 23.6. The number of aliphatic hydroxyl groups excluding tert-OH is 1. The van der Waals surface area contributed by atoms with Crippen LogP contribution in [0, 0.1) is 0 Å². The lowest BCUT2D eigenvalue weighted by molar-refractivity contribution is -0.370. The molecule has 11 heteroatoms. The van der Waals surface area contributed by atoms with Crippen LogP contribution < -0.4 is 4.74 Å². The normalized spacial score (nSPS) is 26.2. The molecule has 62 heavy (non-hydrogen) atoms. The lowest BCUT2D eigenvalue weighted by Crippen LogP contribution is -2.65. The van der Waals surface area contributed by atoms with Gasteiger partial charge >= 0.3 is 0 Å². The maximum Gasteiger partial charge on any atom is 0.187 e. The first-order chi connectivity index (χ1) is 30.5. The van der Waals surface area contributed by atoms with Crippen molar-refractivity contribution in [3.8, 4) is 5.75 Å². The van der Waals surface area contributed by atoms with Crippen molar-refractivity contribution in [2.24, 2.45) is 0 Å². The summed E-state index contributed by atoms with van der Waals surface area (Å²) in [5, 5.41) is 12.3. The summed E-state index contributed by atoms with van der Waals surface area (Å²) in [6.07, 6.45) is -7.04. The number of aliphatic hydroxyl groups is 1. The Morgan fingerprint density at radius 3 is 1.50 bits per heavy atom. The summed E-state index contributed by atoms with van der Waals surface area (Å²) in [5.74, 6) is 0.746. The molecular weight excluding hydrogens is 789 g/mol. The van der Waals surface area contributed by atoms with Gasteiger partial charge in [0, 0.05) is 0 Å². The van der Waals surface area contributed by atoms with E-state index in [1.165, 1.54) is 0 Å². The summed E-state index contributed by atoms with van der Waals surface area (Å²) in [7, 11) is 1.63. The zero-order chi connectivity index (χ0) is 42.9. The fraction of sp³-hybridized carbons (Fsp3) is 0.373. The molecule has 0 spiro atoms. The molecule has 5 aromatic rings. The summed E-state index contributed by atoms with van der Waals surface area (Å²) in [6, 6.07) is 47.1. The molecule has 2 heterocycles. The Labute approximate surface area is 365 Å². The van der Waals surface area contributed by atoms with Crippen molar-refractivity contribution in [2.45, 2.75) is 101 Å². The quantitative estimate of drug-likeness (QED) is 0.0685. The van der Waals surface area contributed by atoms with E-state index in [-0.39, 0.29) is 39.6 Å². The van der Waals surface area contributed by atoms with Crippen molar-refractivity contribution in [1.29, 1.82) is 0 Å². The lowest BCUT2D eigenvalue weighted by atomic mass is 9.96. The average molecular weight is 847 g/mol.